The van der Waals surface area contributed by atoms with Crippen molar-refractivity contribution < 1.29 is 22.4 Å². The summed E-state index contributed by atoms with van der Waals surface area (Å²) >= 11 is 7.55. The number of methoxy groups -OCH3 is 1. The summed E-state index contributed by atoms with van der Waals surface area (Å²) in [6.45, 7) is 0.0592. The molecule has 2 heterocycles. The lowest BCUT2D eigenvalue weighted by Gasteiger charge is -2.20. The first-order valence-electron chi connectivity index (χ1n) is 9.06. The number of hydrogen-bond acceptors (Lipinski definition) is 7. The Balaban J connectivity index is 1.88. The molecule has 0 saturated carbocycles. The summed E-state index contributed by atoms with van der Waals surface area (Å²) in [4.78, 5) is 19.5. The van der Waals surface area contributed by atoms with Crippen molar-refractivity contribution in [1.82, 2.24) is 4.98 Å². The van der Waals surface area contributed by atoms with Crippen molar-refractivity contribution in [1.29, 1.82) is 0 Å². The number of aromatic nitrogens is 1. The predicted molar refractivity (Wildman–Crippen MR) is 120 cm³/mol. The van der Waals surface area contributed by atoms with Gasteiger partial charge < -0.3 is 9.15 Å². The number of hydrogen-bond donors (Lipinski definition) is 0. The molecule has 31 heavy (non-hydrogen) atoms. The molecular weight excluding hydrogens is 460 g/mol. The maximum absolute atomic E-state index is 13.6. The summed E-state index contributed by atoms with van der Waals surface area (Å²) in [5.74, 6) is 0.512. The monoisotopic (exact) mass is 476 g/mol. The zero-order chi connectivity index (χ0) is 22.2. The Morgan fingerprint density at radius 2 is 1.97 bits per heavy atom. The van der Waals surface area contributed by atoms with Gasteiger partial charge in [0.05, 0.1) is 40.1 Å². The van der Waals surface area contributed by atoms with E-state index in [9.17, 15) is 13.2 Å². The molecule has 0 radical (unpaired) electrons. The van der Waals surface area contributed by atoms with Crippen LogP contribution in [0.3, 0.4) is 0 Å². The summed E-state index contributed by atoms with van der Waals surface area (Å²) in [7, 11) is -2.10. The van der Waals surface area contributed by atoms with Crippen LogP contribution < -0.4 is 9.64 Å². The van der Waals surface area contributed by atoms with Gasteiger partial charge in [-0.15, -0.1) is 0 Å². The second-order valence-corrected chi connectivity index (χ2v) is 10.0. The van der Waals surface area contributed by atoms with Gasteiger partial charge in [0.2, 0.25) is 0 Å². The minimum Gasteiger partial charge on any atom is -0.494 e. The molecule has 0 saturated heterocycles. The quantitative estimate of drug-likeness (QED) is 0.397. The lowest BCUT2D eigenvalue weighted by Crippen LogP contribution is -2.31. The SMILES string of the molecule is COc1ccc(Cl)c2sc(N(Cc3ccco3)C(=O)c3ccccc3S(C)(=O)=O)nc12. The zero-order valence-corrected chi connectivity index (χ0v) is 18.9. The maximum Gasteiger partial charge on any atom is 0.261 e. The van der Waals surface area contributed by atoms with Gasteiger partial charge in [0.1, 0.15) is 17.0 Å². The minimum atomic E-state index is -3.63. The highest BCUT2D eigenvalue weighted by Gasteiger charge is 2.28. The molecule has 0 fully saturated rings. The van der Waals surface area contributed by atoms with Gasteiger partial charge in [-0.1, -0.05) is 35.1 Å². The molecule has 2 aromatic carbocycles. The highest BCUT2D eigenvalue weighted by atomic mass is 35.5. The number of thiazole rings is 1. The van der Waals surface area contributed by atoms with E-state index in [-0.39, 0.29) is 17.0 Å². The Morgan fingerprint density at radius 3 is 2.65 bits per heavy atom. The lowest BCUT2D eigenvalue weighted by molar-refractivity contribution is 0.0980. The van der Waals surface area contributed by atoms with Crippen LogP contribution in [0.15, 0.2) is 64.1 Å². The number of amides is 1. The van der Waals surface area contributed by atoms with E-state index in [1.807, 2.05) is 0 Å². The molecule has 10 heteroatoms. The third-order valence-corrected chi connectivity index (χ3v) is 7.25. The Kier molecular flexibility index (Phi) is 5.74. The first-order valence-corrected chi connectivity index (χ1v) is 12.1. The fraction of sp³-hybridized carbons (Fsp3) is 0.143. The molecule has 0 spiro atoms. The van der Waals surface area contributed by atoms with Gasteiger partial charge in [-0.2, -0.15) is 0 Å². The smallest absolute Gasteiger partial charge is 0.261 e. The number of nitrogens with zero attached hydrogens (tertiary/aromatic N) is 2. The molecule has 1 amide bonds. The van der Waals surface area contributed by atoms with Crippen LogP contribution in [0.4, 0.5) is 5.13 Å². The Bertz CT molecular complexity index is 1360. The van der Waals surface area contributed by atoms with Crippen LogP contribution >= 0.6 is 22.9 Å². The number of carbonyl (C=O) groups excluding carboxylic acids is 1. The van der Waals surface area contributed by atoms with E-state index in [1.165, 1.54) is 41.7 Å². The van der Waals surface area contributed by atoms with Crippen LogP contribution in [0.1, 0.15) is 16.1 Å². The van der Waals surface area contributed by atoms with Gasteiger partial charge in [-0.05, 0) is 36.4 Å². The first-order chi connectivity index (χ1) is 14.8. The summed E-state index contributed by atoms with van der Waals surface area (Å²) < 4.78 is 36.0. The van der Waals surface area contributed by atoms with Crippen molar-refractivity contribution in [2.75, 3.05) is 18.3 Å². The molecule has 0 N–H and O–H groups in total. The van der Waals surface area contributed by atoms with Crippen LogP contribution in [0.25, 0.3) is 10.2 Å². The highest BCUT2D eigenvalue weighted by Crippen LogP contribution is 2.39. The Hall–Kier alpha value is -2.88. The second-order valence-electron chi connectivity index (χ2n) is 6.66. The third-order valence-electron chi connectivity index (χ3n) is 4.55. The van der Waals surface area contributed by atoms with E-state index in [1.54, 1.807) is 36.4 Å². The standard InChI is InChI=1S/C21H17ClN2O5S2/c1-28-16-10-9-15(22)19-18(16)23-21(30-19)24(12-13-6-5-11-29-13)20(25)14-7-3-4-8-17(14)31(2,26)27/h3-11H,12H2,1-2H3. The maximum atomic E-state index is 13.6. The zero-order valence-electron chi connectivity index (χ0n) is 16.5. The fourth-order valence-corrected chi connectivity index (χ4v) is 5.25. The Labute approximate surface area is 187 Å². The normalized spacial score (nSPS) is 11.6. The number of sulfone groups is 1. The molecule has 0 aliphatic heterocycles. The van der Waals surface area contributed by atoms with Gasteiger partial charge in [0, 0.05) is 6.26 Å². The number of benzene rings is 2. The van der Waals surface area contributed by atoms with E-state index in [4.69, 9.17) is 20.8 Å². The van der Waals surface area contributed by atoms with Crippen LogP contribution in [-0.2, 0) is 16.4 Å². The average molecular weight is 477 g/mol. The number of furan rings is 1. The third kappa shape index (κ3) is 4.16. The molecule has 0 unspecified atom stereocenters. The molecule has 4 rings (SSSR count). The van der Waals surface area contributed by atoms with Gasteiger partial charge in [0.25, 0.3) is 5.91 Å². The van der Waals surface area contributed by atoms with Crippen molar-refractivity contribution in [2.45, 2.75) is 11.4 Å². The van der Waals surface area contributed by atoms with Gasteiger partial charge in [-0.25, -0.2) is 13.4 Å². The molecule has 160 valence electrons. The molecule has 2 aromatic heterocycles. The largest absolute Gasteiger partial charge is 0.494 e. The van der Waals surface area contributed by atoms with E-state index in [2.05, 4.69) is 4.98 Å². The van der Waals surface area contributed by atoms with Gasteiger partial charge in [0.15, 0.2) is 15.0 Å². The number of ether oxygens (including phenoxy) is 1. The van der Waals surface area contributed by atoms with Crippen LogP contribution in [0, 0.1) is 0 Å². The average Bonchev–Trinajstić information content (AvgIpc) is 3.41. The molecule has 0 aliphatic carbocycles. The van der Waals surface area contributed by atoms with Crippen molar-refractivity contribution in [3.8, 4) is 5.75 Å². The van der Waals surface area contributed by atoms with Crippen molar-refractivity contribution in [3.05, 3.63) is 71.1 Å². The lowest BCUT2D eigenvalue weighted by atomic mass is 10.2. The van der Waals surface area contributed by atoms with E-state index < -0.39 is 15.7 Å². The van der Waals surface area contributed by atoms with Crippen LogP contribution in [-0.4, -0.2) is 32.7 Å². The van der Waals surface area contributed by atoms with E-state index in [0.717, 1.165) is 6.26 Å². The van der Waals surface area contributed by atoms with Gasteiger partial charge >= 0.3 is 0 Å². The van der Waals surface area contributed by atoms with Gasteiger partial charge in [-0.3, -0.25) is 9.69 Å². The fourth-order valence-electron chi connectivity index (χ4n) is 3.12. The molecule has 0 atom stereocenters. The predicted octanol–water partition coefficient (Wildman–Crippen LogP) is 4.80. The molecule has 0 bridgehead atoms. The first kappa shape index (κ1) is 21.4. The number of carbonyl (C=O) groups is 1. The second kappa shape index (κ2) is 8.33. The van der Waals surface area contributed by atoms with E-state index in [0.29, 0.717) is 31.9 Å². The topological polar surface area (TPSA) is 89.7 Å². The minimum absolute atomic E-state index is 0.0499. The summed E-state index contributed by atoms with van der Waals surface area (Å²) in [5, 5.41) is 0.813. The number of rotatable bonds is 6. The Morgan fingerprint density at radius 1 is 1.19 bits per heavy atom. The summed E-state index contributed by atoms with van der Waals surface area (Å²) in [5.41, 5.74) is 0.567. The van der Waals surface area contributed by atoms with Crippen LogP contribution in [0.2, 0.25) is 5.02 Å². The molecule has 7 nitrogen and oxygen atoms in total. The summed E-state index contributed by atoms with van der Waals surface area (Å²) in [6.07, 6.45) is 2.57. The number of fused-ring (bicyclic) bond motifs is 1. The van der Waals surface area contributed by atoms with Crippen molar-refractivity contribution >= 4 is 54.0 Å². The molecular formula is C21H17ClN2O5S2. The van der Waals surface area contributed by atoms with Crippen LogP contribution in [0.5, 0.6) is 5.75 Å². The van der Waals surface area contributed by atoms with Crippen molar-refractivity contribution in [3.63, 3.8) is 0 Å². The molecule has 4 aromatic rings. The molecule has 0 aliphatic rings. The number of halogens is 1. The van der Waals surface area contributed by atoms with Crippen molar-refractivity contribution in [2.24, 2.45) is 0 Å². The number of anilines is 1. The highest BCUT2D eigenvalue weighted by molar-refractivity contribution is 7.90. The van der Waals surface area contributed by atoms with E-state index >= 15 is 0 Å². The summed E-state index contributed by atoms with van der Waals surface area (Å²) in [6, 6.07) is 12.9.